The van der Waals surface area contributed by atoms with Gasteiger partial charge in [0.2, 0.25) is 0 Å². The van der Waals surface area contributed by atoms with Crippen molar-refractivity contribution < 1.29 is 23.4 Å². The van der Waals surface area contributed by atoms with Crippen molar-refractivity contribution in [3.05, 3.63) is 53.1 Å². The fourth-order valence-electron chi connectivity index (χ4n) is 2.76. The van der Waals surface area contributed by atoms with Gasteiger partial charge in [0.05, 0.1) is 6.10 Å². The van der Waals surface area contributed by atoms with Crippen LogP contribution in [0.4, 0.5) is 8.78 Å². The number of benzene rings is 2. The summed E-state index contributed by atoms with van der Waals surface area (Å²) in [6.45, 7) is 3.61. The van der Waals surface area contributed by atoms with Crippen molar-refractivity contribution in [3.8, 4) is 16.9 Å². The Hall–Kier alpha value is -2.43. The van der Waals surface area contributed by atoms with Gasteiger partial charge in [-0.25, -0.2) is 13.6 Å². The van der Waals surface area contributed by atoms with Gasteiger partial charge in [-0.05, 0) is 73.6 Å². The highest BCUT2D eigenvalue weighted by Crippen LogP contribution is 2.46. The van der Waals surface area contributed by atoms with Crippen molar-refractivity contribution in [2.24, 2.45) is 0 Å². The van der Waals surface area contributed by atoms with Crippen LogP contribution in [0.2, 0.25) is 0 Å². The lowest BCUT2D eigenvalue weighted by atomic mass is 9.93. The molecule has 0 saturated heterocycles. The fraction of sp³-hybridized carbons (Fsp3) is 0.316. The Bertz CT molecular complexity index is 795. The molecule has 0 amide bonds. The molecular formula is C19H18F2O3. The molecule has 0 radical (unpaired) electrons. The van der Waals surface area contributed by atoms with E-state index >= 15 is 0 Å². The average molecular weight is 332 g/mol. The number of aromatic carboxylic acids is 1. The first kappa shape index (κ1) is 16.4. The largest absolute Gasteiger partial charge is 0.490 e. The van der Waals surface area contributed by atoms with E-state index < -0.39 is 17.6 Å². The molecule has 2 aromatic rings. The first-order valence-corrected chi connectivity index (χ1v) is 7.90. The number of carboxylic acids is 1. The summed E-state index contributed by atoms with van der Waals surface area (Å²) in [5, 5.41) is 9.46. The summed E-state index contributed by atoms with van der Waals surface area (Å²) < 4.78 is 32.5. The van der Waals surface area contributed by atoms with E-state index in [0.29, 0.717) is 11.1 Å². The SMILES string of the molecule is CC(C)Oc1cc(-c2ccc(F)c(F)c2)c(C2CC2)cc1C(=O)O. The Morgan fingerprint density at radius 1 is 1.17 bits per heavy atom. The molecule has 3 nitrogen and oxygen atoms in total. The second-order valence-corrected chi connectivity index (χ2v) is 6.31. The summed E-state index contributed by atoms with van der Waals surface area (Å²) in [7, 11) is 0. The number of hydrogen-bond donors (Lipinski definition) is 1. The molecule has 2 aromatic carbocycles. The summed E-state index contributed by atoms with van der Waals surface area (Å²) in [5.41, 5.74) is 2.14. The van der Waals surface area contributed by atoms with E-state index in [1.807, 2.05) is 0 Å². The van der Waals surface area contributed by atoms with Crippen LogP contribution in [-0.2, 0) is 0 Å². The standard InChI is InChI=1S/C19H18F2O3/c1-10(2)24-18-9-14(12-5-6-16(20)17(21)7-12)13(11-3-4-11)8-15(18)19(22)23/h5-11H,3-4H2,1-2H3,(H,22,23). The van der Waals surface area contributed by atoms with Gasteiger partial charge in [-0.1, -0.05) is 6.07 Å². The zero-order valence-corrected chi connectivity index (χ0v) is 13.5. The second-order valence-electron chi connectivity index (χ2n) is 6.31. The van der Waals surface area contributed by atoms with Crippen molar-refractivity contribution in [3.63, 3.8) is 0 Å². The third-order valence-corrected chi connectivity index (χ3v) is 3.99. The lowest BCUT2D eigenvalue weighted by Gasteiger charge is -2.17. The third kappa shape index (κ3) is 3.25. The van der Waals surface area contributed by atoms with Crippen LogP contribution < -0.4 is 4.74 Å². The van der Waals surface area contributed by atoms with Gasteiger partial charge in [0.25, 0.3) is 0 Å². The number of hydrogen-bond acceptors (Lipinski definition) is 2. The van der Waals surface area contributed by atoms with Crippen LogP contribution in [0.1, 0.15) is 48.5 Å². The van der Waals surface area contributed by atoms with Crippen molar-refractivity contribution in [1.82, 2.24) is 0 Å². The minimum Gasteiger partial charge on any atom is -0.490 e. The second kappa shape index (κ2) is 6.23. The lowest BCUT2D eigenvalue weighted by Crippen LogP contribution is -2.11. The van der Waals surface area contributed by atoms with Crippen molar-refractivity contribution >= 4 is 5.97 Å². The van der Waals surface area contributed by atoms with Crippen LogP contribution in [-0.4, -0.2) is 17.2 Å². The molecule has 0 heterocycles. The summed E-state index contributed by atoms with van der Waals surface area (Å²) >= 11 is 0. The highest BCUT2D eigenvalue weighted by atomic mass is 19.2. The Kier molecular flexibility index (Phi) is 4.26. The quantitative estimate of drug-likeness (QED) is 0.838. The van der Waals surface area contributed by atoms with Gasteiger partial charge in [-0.15, -0.1) is 0 Å². The van der Waals surface area contributed by atoms with E-state index in [0.717, 1.165) is 30.5 Å². The predicted octanol–water partition coefficient (Wildman–Crippen LogP) is 4.99. The first-order chi connectivity index (χ1) is 11.4. The summed E-state index contributed by atoms with van der Waals surface area (Å²) in [4.78, 5) is 11.6. The van der Waals surface area contributed by atoms with E-state index in [1.165, 1.54) is 6.07 Å². The maximum atomic E-state index is 13.6. The number of ether oxygens (including phenoxy) is 1. The zero-order chi connectivity index (χ0) is 17.4. The van der Waals surface area contributed by atoms with Crippen molar-refractivity contribution in [1.29, 1.82) is 0 Å². The monoisotopic (exact) mass is 332 g/mol. The third-order valence-electron chi connectivity index (χ3n) is 3.99. The van der Waals surface area contributed by atoms with Crippen LogP contribution in [0.15, 0.2) is 30.3 Å². The molecule has 126 valence electrons. The molecule has 1 aliphatic rings. The molecule has 5 heteroatoms. The van der Waals surface area contributed by atoms with E-state index in [9.17, 15) is 18.7 Å². The van der Waals surface area contributed by atoms with E-state index in [4.69, 9.17) is 4.74 Å². The van der Waals surface area contributed by atoms with Gasteiger partial charge in [-0.3, -0.25) is 0 Å². The molecular weight excluding hydrogens is 314 g/mol. The van der Waals surface area contributed by atoms with Gasteiger partial charge in [0.15, 0.2) is 11.6 Å². The maximum Gasteiger partial charge on any atom is 0.339 e. The van der Waals surface area contributed by atoms with Gasteiger partial charge < -0.3 is 9.84 Å². The van der Waals surface area contributed by atoms with Crippen molar-refractivity contribution in [2.75, 3.05) is 0 Å². The minimum absolute atomic E-state index is 0.0944. The first-order valence-electron chi connectivity index (χ1n) is 7.90. The molecule has 0 aliphatic heterocycles. The van der Waals surface area contributed by atoms with Crippen LogP contribution in [0.25, 0.3) is 11.1 Å². The summed E-state index contributed by atoms with van der Waals surface area (Å²) in [6.07, 6.45) is 1.72. The smallest absolute Gasteiger partial charge is 0.339 e. The topological polar surface area (TPSA) is 46.5 Å². The van der Waals surface area contributed by atoms with Gasteiger partial charge in [0, 0.05) is 0 Å². The van der Waals surface area contributed by atoms with E-state index in [-0.39, 0.29) is 23.3 Å². The van der Waals surface area contributed by atoms with Crippen LogP contribution in [0.5, 0.6) is 5.75 Å². The Morgan fingerprint density at radius 2 is 1.88 bits per heavy atom. The number of rotatable bonds is 5. The molecule has 1 N–H and O–H groups in total. The summed E-state index contributed by atoms with van der Waals surface area (Å²) in [5.74, 6) is -2.42. The molecule has 0 atom stereocenters. The van der Waals surface area contributed by atoms with Gasteiger partial charge in [-0.2, -0.15) is 0 Å². The van der Waals surface area contributed by atoms with Crippen molar-refractivity contribution in [2.45, 2.75) is 38.7 Å². The fourth-order valence-corrected chi connectivity index (χ4v) is 2.76. The maximum absolute atomic E-state index is 13.6. The number of carbonyl (C=O) groups is 1. The molecule has 1 saturated carbocycles. The molecule has 0 unspecified atom stereocenters. The minimum atomic E-state index is -1.07. The Morgan fingerprint density at radius 3 is 2.42 bits per heavy atom. The van der Waals surface area contributed by atoms with E-state index in [1.54, 1.807) is 26.0 Å². The molecule has 24 heavy (non-hydrogen) atoms. The lowest BCUT2D eigenvalue weighted by molar-refractivity contribution is 0.0690. The Labute approximate surface area is 138 Å². The molecule has 1 fully saturated rings. The van der Waals surface area contributed by atoms with Crippen LogP contribution in [0, 0.1) is 11.6 Å². The van der Waals surface area contributed by atoms with Gasteiger partial charge >= 0.3 is 5.97 Å². The highest BCUT2D eigenvalue weighted by Gasteiger charge is 2.29. The Balaban J connectivity index is 2.18. The normalized spacial score (nSPS) is 14.0. The molecule has 0 spiro atoms. The molecule has 1 aliphatic carbocycles. The van der Waals surface area contributed by atoms with Gasteiger partial charge in [0.1, 0.15) is 11.3 Å². The highest BCUT2D eigenvalue weighted by molar-refractivity contribution is 5.93. The number of carboxylic acid groups (broad SMARTS) is 1. The predicted molar refractivity (Wildman–Crippen MR) is 86.5 cm³/mol. The van der Waals surface area contributed by atoms with Crippen LogP contribution >= 0.6 is 0 Å². The van der Waals surface area contributed by atoms with Crippen LogP contribution in [0.3, 0.4) is 0 Å². The molecule has 0 aromatic heterocycles. The zero-order valence-electron chi connectivity index (χ0n) is 13.5. The molecule has 0 bridgehead atoms. The number of halogens is 2. The molecule has 3 rings (SSSR count). The summed E-state index contributed by atoms with van der Waals surface area (Å²) in [6, 6.07) is 6.95. The van der Waals surface area contributed by atoms with E-state index in [2.05, 4.69) is 0 Å². The average Bonchev–Trinajstić information content (AvgIpc) is 3.33.